The highest BCUT2D eigenvalue weighted by Gasteiger charge is 2.12. The molecule has 2 aromatic carbocycles. The SMILES string of the molecule is Cc1cc(OCc2ccc(F)cc2Cl)ccc1S(N)(=O)=O. The summed E-state index contributed by atoms with van der Waals surface area (Å²) in [5, 5.41) is 5.36. The molecule has 0 fully saturated rings. The summed E-state index contributed by atoms with van der Waals surface area (Å²) in [5.41, 5.74) is 1.12. The molecule has 21 heavy (non-hydrogen) atoms. The van der Waals surface area contributed by atoms with Crippen molar-refractivity contribution >= 4 is 21.6 Å². The van der Waals surface area contributed by atoms with Gasteiger partial charge in [0.25, 0.3) is 0 Å². The molecule has 0 heterocycles. The van der Waals surface area contributed by atoms with Crippen LogP contribution >= 0.6 is 11.6 Å². The van der Waals surface area contributed by atoms with Crippen LogP contribution in [0, 0.1) is 12.7 Å². The normalized spacial score (nSPS) is 11.4. The van der Waals surface area contributed by atoms with Crippen molar-refractivity contribution in [1.29, 1.82) is 0 Å². The van der Waals surface area contributed by atoms with Gasteiger partial charge in [-0.1, -0.05) is 17.7 Å². The third kappa shape index (κ3) is 3.93. The summed E-state index contributed by atoms with van der Waals surface area (Å²) >= 11 is 5.90. The number of benzene rings is 2. The van der Waals surface area contributed by atoms with Crippen LogP contribution < -0.4 is 9.88 Å². The molecule has 0 spiro atoms. The fraction of sp³-hybridized carbons (Fsp3) is 0.143. The lowest BCUT2D eigenvalue weighted by molar-refractivity contribution is 0.305. The third-order valence-electron chi connectivity index (χ3n) is 2.86. The highest BCUT2D eigenvalue weighted by atomic mass is 35.5. The minimum Gasteiger partial charge on any atom is -0.489 e. The van der Waals surface area contributed by atoms with Gasteiger partial charge in [0.15, 0.2) is 0 Å². The van der Waals surface area contributed by atoms with Crippen molar-refractivity contribution in [3.8, 4) is 5.75 Å². The lowest BCUT2D eigenvalue weighted by Crippen LogP contribution is -2.13. The molecule has 0 atom stereocenters. The van der Waals surface area contributed by atoms with E-state index in [9.17, 15) is 12.8 Å². The molecular formula is C14H13ClFNO3S. The van der Waals surface area contributed by atoms with Gasteiger partial charge in [-0.3, -0.25) is 0 Å². The first kappa shape index (κ1) is 15.8. The van der Waals surface area contributed by atoms with Crippen LogP contribution in [0.1, 0.15) is 11.1 Å². The van der Waals surface area contributed by atoms with E-state index in [-0.39, 0.29) is 16.5 Å². The summed E-state index contributed by atoms with van der Waals surface area (Å²) in [5.74, 6) is 0.0531. The van der Waals surface area contributed by atoms with Gasteiger partial charge in [-0.15, -0.1) is 0 Å². The molecule has 7 heteroatoms. The molecule has 0 amide bonds. The van der Waals surface area contributed by atoms with E-state index in [0.717, 1.165) is 0 Å². The molecule has 2 aromatic rings. The smallest absolute Gasteiger partial charge is 0.238 e. The Balaban J connectivity index is 2.16. The van der Waals surface area contributed by atoms with Crippen LogP contribution in [-0.4, -0.2) is 8.42 Å². The second kappa shape index (κ2) is 6.01. The maximum absolute atomic E-state index is 12.9. The Bertz CT molecular complexity index is 778. The number of primary sulfonamides is 1. The topological polar surface area (TPSA) is 69.4 Å². The number of halogens is 2. The minimum absolute atomic E-state index is 0.0506. The zero-order chi connectivity index (χ0) is 15.6. The van der Waals surface area contributed by atoms with Crippen LogP contribution in [0.2, 0.25) is 5.02 Å². The van der Waals surface area contributed by atoms with Crippen LogP contribution in [-0.2, 0) is 16.6 Å². The van der Waals surface area contributed by atoms with E-state index in [1.807, 2.05) is 0 Å². The van der Waals surface area contributed by atoms with Gasteiger partial charge in [-0.05, 0) is 42.8 Å². The maximum Gasteiger partial charge on any atom is 0.238 e. The predicted octanol–water partition coefficient (Wildman–Crippen LogP) is 3.01. The quantitative estimate of drug-likeness (QED) is 0.937. The van der Waals surface area contributed by atoms with Crippen LogP contribution in [0.25, 0.3) is 0 Å². The highest BCUT2D eigenvalue weighted by molar-refractivity contribution is 7.89. The van der Waals surface area contributed by atoms with Gasteiger partial charge >= 0.3 is 0 Å². The number of aryl methyl sites for hydroxylation is 1. The molecule has 0 aliphatic carbocycles. The second-order valence-electron chi connectivity index (χ2n) is 4.50. The molecule has 0 aromatic heterocycles. The molecule has 0 saturated heterocycles. The standard InChI is InChI=1S/C14H13ClFNO3S/c1-9-6-12(4-5-14(9)21(17,18)19)20-8-10-2-3-11(16)7-13(10)15/h2-7H,8H2,1H3,(H2,17,18,19). The molecular weight excluding hydrogens is 317 g/mol. The van der Waals surface area contributed by atoms with Crippen molar-refractivity contribution in [2.45, 2.75) is 18.4 Å². The Morgan fingerprint density at radius 1 is 1.24 bits per heavy atom. The largest absolute Gasteiger partial charge is 0.489 e. The lowest BCUT2D eigenvalue weighted by Gasteiger charge is -2.10. The molecule has 4 nitrogen and oxygen atoms in total. The first-order chi connectivity index (χ1) is 9.77. The fourth-order valence-corrected chi connectivity index (χ4v) is 2.82. The van der Waals surface area contributed by atoms with E-state index >= 15 is 0 Å². The fourth-order valence-electron chi connectivity index (χ4n) is 1.83. The Hall–Kier alpha value is -1.63. The summed E-state index contributed by atoms with van der Waals surface area (Å²) in [6.45, 7) is 1.77. The number of rotatable bonds is 4. The van der Waals surface area contributed by atoms with E-state index in [2.05, 4.69) is 0 Å². The van der Waals surface area contributed by atoms with Crippen molar-refractivity contribution in [1.82, 2.24) is 0 Å². The lowest BCUT2D eigenvalue weighted by atomic mass is 10.2. The maximum atomic E-state index is 12.9. The zero-order valence-electron chi connectivity index (χ0n) is 11.1. The summed E-state index contributed by atoms with van der Waals surface area (Å²) < 4.78 is 41.1. The van der Waals surface area contributed by atoms with E-state index in [1.54, 1.807) is 13.0 Å². The van der Waals surface area contributed by atoms with E-state index < -0.39 is 15.8 Å². The number of hydrogen-bond donors (Lipinski definition) is 1. The Morgan fingerprint density at radius 3 is 2.52 bits per heavy atom. The van der Waals surface area contributed by atoms with Gasteiger partial charge in [-0.25, -0.2) is 17.9 Å². The first-order valence-corrected chi connectivity index (χ1v) is 7.90. The summed E-state index contributed by atoms with van der Waals surface area (Å²) in [4.78, 5) is 0.0506. The zero-order valence-corrected chi connectivity index (χ0v) is 12.7. The third-order valence-corrected chi connectivity index (χ3v) is 4.29. The molecule has 0 unspecified atom stereocenters. The Morgan fingerprint density at radius 2 is 1.95 bits per heavy atom. The average Bonchev–Trinajstić information content (AvgIpc) is 2.36. The molecule has 0 bridgehead atoms. The van der Waals surface area contributed by atoms with E-state index in [4.69, 9.17) is 21.5 Å². The molecule has 0 saturated carbocycles. The van der Waals surface area contributed by atoms with E-state index in [1.165, 1.54) is 30.3 Å². The van der Waals surface area contributed by atoms with Crippen molar-refractivity contribution < 1.29 is 17.5 Å². The van der Waals surface area contributed by atoms with Crippen LogP contribution in [0.5, 0.6) is 5.75 Å². The first-order valence-electron chi connectivity index (χ1n) is 5.97. The molecule has 112 valence electrons. The minimum atomic E-state index is -3.75. The van der Waals surface area contributed by atoms with Crippen molar-refractivity contribution in [2.75, 3.05) is 0 Å². The molecule has 2 rings (SSSR count). The predicted molar refractivity (Wildman–Crippen MR) is 78.3 cm³/mol. The van der Waals surface area contributed by atoms with E-state index in [0.29, 0.717) is 16.9 Å². The van der Waals surface area contributed by atoms with Crippen LogP contribution in [0.3, 0.4) is 0 Å². The number of ether oxygens (including phenoxy) is 1. The number of hydrogen-bond acceptors (Lipinski definition) is 3. The Labute approximate surface area is 127 Å². The highest BCUT2D eigenvalue weighted by Crippen LogP contribution is 2.23. The number of sulfonamides is 1. The van der Waals surface area contributed by atoms with Gasteiger partial charge in [0, 0.05) is 5.56 Å². The summed E-state index contributed by atoms with van der Waals surface area (Å²) in [6.07, 6.45) is 0. The van der Waals surface area contributed by atoms with Crippen molar-refractivity contribution in [2.24, 2.45) is 5.14 Å². The monoisotopic (exact) mass is 329 g/mol. The van der Waals surface area contributed by atoms with Crippen LogP contribution in [0.4, 0.5) is 4.39 Å². The second-order valence-corrected chi connectivity index (χ2v) is 6.43. The number of nitrogens with two attached hydrogens (primary N) is 1. The average molecular weight is 330 g/mol. The van der Waals surface area contributed by atoms with Gasteiger partial charge in [0.2, 0.25) is 10.0 Å². The van der Waals surface area contributed by atoms with Crippen LogP contribution in [0.15, 0.2) is 41.3 Å². The molecule has 2 N–H and O–H groups in total. The summed E-state index contributed by atoms with van der Waals surface area (Å²) in [7, 11) is -3.75. The summed E-state index contributed by atoms with van der Waals surface area (Å²) in [6, 6.07) is 8.48. The molecule has 0 aliphatic heterocycles. The van der Waals surface area contributed by atoms with Gasteiger partial charge in [-0.2, -0.15) is 0 Å². The molecule has 0 radical (unpaired) electrons. The van der Waals surface area contributed by atoms with Gasteiger partial charge < -0.3 is 4.74 Å². The molecule has 0 aliphatic rings. The van der Waals surface area contributed by atoms with Crippen molar-refractivity contribution in [3.63, 3.8) is 0 Å². The Kier molecular flexibility index (Phi) is 4.51. The van der Waals surface area contributed by atoms with Gasteiger partial charge in [0.1, 0.15) is 18.2 Å². The van der Waals surface area contributed by atoms with Gasteiger partial charge in [0.05, 0.1) is 9.92 Å². The van der Waals surface area contributed by atoms with Crippen molar-refractivity contribution in [3.05, 3.63) is 58.4 Å².